The Labute approximate surface area is 109 Å². The predicted molar refractivity (Wildman–Crippen MR) is 70.6 cm³/mol. The van der Waals surface area contributed by atoms with Gasteiger partial charge in [-0.1, -0.05) is 20.8 Å². The number of amides is 2. The maximum atomic E-state index is 11.6. The Morgan fingerprint density at radius 2 is 1.83 bits per heavy atom. The number of nitrogens with zero attached hydrogens (tertiary/aromatic N) is 1. The third kappa shape index (κ3) is 7.89. The van der Waals surface area contributed by atoms with Crippen molar-refractivity contribution in [1.29, 1.82) is 0 Å². The summed E-state index contributed by atoms with van der Waals surface area (Å²) in [4.78, 5) is 24.3. The van der Waals surface area contributed by atoms with E-state index < -0.39 is 12.0 Å². The molecule has 0 aliphatic heterocycles. The minimum atomic E-state index is -0.913. The molecular weight excluding hydrogens is 234 g/mol. The number of carboxylic acids is 1. The fourth-order valence-corrected chi connectivity index (χ4v) is 1.35. The van der Waals surface area contributed by atoms with Crippen LogP contribution in [0.25, 0.3) is 0 Å². The van der Waals surface area contributed by atoms with Crippen LogP contribution in [-0.4, -0.2) is 55.2 Å². The third-order valence-electron chi connectivity index (χ3n) is 2.57. The molecule has 0 rings (SSSR count). The number of carboxylic acid groups (broad SMARTS) is 1. The van der Waals surface area contributed by atoms with Gasteiger partial charge in [-0.25, -0.2) is 4.79 Å². The molecule has 6 nitrogen and oxygen atoms in total. The Hall–Kier alpha value is -1.30. The van der Waals surface area contributed by atoms with Gasteiger partial charge in [0.2, 0.25) is 0 Å². The number of hydrogen-bond donors (Lipinski definition) is 3. The van der Waals surface area contributed by atoms with Crippen LogP contribution >= 0.6 is 0 Å². The van der Waals surface area contributed by atoms with E-state index in [1.54, 1.807) is 0 Å². The third-order valence-corrected chi connectivity index (χ3v) is 2.57. The van der Waals surface area contributed by atoms with Crippen molar-refractivity contribution >= 4 is 12.0 Å². The minimum Gasteiger partial charge on any atom is -0.481 e. The van der Waals surface area contributed by atoms with Crippen LogP contribution in [-0.2, 0) is 4.79 Å². The van der Waals surface area contributed by atoms with Gasteiger partial charge in [-0.3, -0.25) is 4.79 Å². The molecule has 106 valence electrons. The molecule has 6 heteroatoms. The van der Waals surface area contributed by atoms with E-state index in [1.165, 1.54) is 0 Å². The second-order valence-electron chi connectivity index (χ2n) is 5.72. The molecule has 1 unspecified atom stereocenters. The molecule has 0 fully saturated rings. The van der Waals surface area contributed by atoms with Crippen LogP contribution in [0.1, 0.15) is 27.2 Å². The molecule has 0 saturated heterocycles. The lowest BCUT2D eigenvalue weighted by Crippen LogP contribution is -2.49. The summed E-state index contributed by atoms with van der Waals surface area (Å²) in [5.74, 6) is -0.913. The number of carbonyl (C=O) groups is 2. The van der Waals surface area contributed by atoms with E-state index in [1.807, 2.05) is 39.8 Å². The zero-order valence-electron chi connectivity index (χ0n) is 11.9. The van der Waals surface area contributed by atoms with Crippen LogP contribution < -0.4 is 10.6 Å². The average molecular weight is 259 g/mol. The van der Waals surface area contributed by atoms with Gasteiger partial charge in [0.15, 0.2) is 0 Å². The largest absolute Gasteiger partial charge is 0.481 e. The van der Waals surface area contributed by atoms with Crippen molar-refractivity contribution in [3.8, 4) is 0 Å². The van der Waals surface area contributed by atoms with Crippen LogP contribution in [0.2, 0.25) is 0 Å². The van der Waals surface area contributed by atoms with E-state index in [9.17, 15) is 9.59 Å². The van der Waals surface area contributed by atoms with Crippen LogP contribution in [0, 0.1) is 5.41 Å². The van der Waals surface area contributed by atoms with Crippen molar-refractivity contribution in [3.63, 3.8) is 0 Å². The normalized spacial score (nSPS) is 13.2. The highest BCUT2D eigenvalue weighted by Gasteiger charge is 2.28. The number of urea groups is 1. The Bertz CT molecular complexity index is 285. The van der Waals surface area contributed by atoms with E-state index in [-0.39, 0.29) is 17.9 Å². The van der Waals surface area contributed by atoms with E-state index in [0.29, 0.717) is 6.54 Å². The van der Waals surface area contributed by atoms with E-state index in [4.69, 9.17) is 5.11 Å². The highest BCUT2D eigenvalue weighted by atomic mass is 16.4. The molecule has 3 N–H and O–H groups in total. The molecule has 0 aliphatic rings. The molecule has 0 aromatic heterocycles. The van der Waals surface area contributed by atoms with Gasteiger partial charge in [-0.05, 0) is 19.5 Å². The summed E-state index contributed by atoms with van der Waals surface area (Å²) in [7, 11) is 3.84. The van der Waals surface area contributed by atoms with Gasteiger partial charge in [0, 0.05) is 19.1 Å². The molecule has 0 radical (unpaired) electrons. The summed E-state index contributed by atoms with van der Waals surface area (Å²) in [6.07, 6.45) is -0.0788. The Morgan fingerprint density at radius 1 is 1.28 bits per heavy atom. The Kier molecular flexibility index (Phi) is 6.68. The molecular formula is C12H25N3O3. The fourth-order valence-electron chi connectivity index (χ4n) is 1.35. The standard InChI is InChI=1S/C12H25N3O3/c1-12(2,3)9(8-10(16)17)14-11(18)13-6-7-15(4)5/h9H,6-8H2,1-5H3,(H,16,17)(H2,13,14,18). The summed E-state index contributed by atoms with van der Waals surface area (Å²) in [5.41, 5.74) is -0.294. The lowest BCUT2D eigenvalue weighted by molar-refractivity contribution is -0.138. The number of likely N-dealkylation sites (N-methyl/N-ethyl adjacent to an activating group) is 1. The second-order valence-corrected chi connectivity index (χ2v) is 5.72. The lowest BCUT2D eigenvalue weighted by Gasteiger charge is -2.30. The monoisotopic (exact) mass is 259 g/mol. The number of aliphatic carboxylic acids is 1. The maximum Gasteiger partial charge on any atom is 0.315 e. The molecule has 1 atom stereocenters. The number of rotatable bonds is 6. The summed E-state index contributed by atoms with van der Waals surface area (Å²) >= 11 is 0. The number of hydrogen-bond acceptors (Lipinski definition) is 3. The summed E-state index contributed by atoms with van der Waals surface area (Å²) < 4.78 is 0. The van der Waals surface area contributed by atoms with Crippen molar-refractivity contribution in [2.24, 2.45) is 5.41 Å². The average Bonchev–Trinajstić information content (AvgIpc) is 2.13. The van der Waals surface area contributed by atoms with E-state index in [2.05, 4.69) is 10.6 Å². The number of carbonyl (C=O) groups excluding carboxylic acids is 1. The van der Waals surface area contributed by atoms with Crippen molar-refractivity contribution in [2.75, 3.05) is 27.2 Å². The van der Waals surface area contributed by atoms with Gasteiger partial charge >= 0.3 is 12.0 Å². The van der Waals surface area contributed by atoms with Crippen molar-refractivity contribution in [3.05, 3.63) is 0 Å². The zero-order chi connectivity index (χ0) is 14.3. The van der Waals surface area contributed by atoms with Gasteiger partial charge in [-0.15, -0.1) is 0 Å². The first-order chi connectivity index (χ1) is 8.12. The molecule has 0 aromatic carbocycles. The quantitative estimate of drug-likeness (QED) is 0.657. The predicted octanol–water partition coefficient (Wildman–Crippen LogP) is 0.737. The molecule has 18 heavy (non-hydrogen) atoms. The first kappa shape index (κ1) is 16.7. The molecule has 0 spiro atoms. The summed E-state index contributed by atoms with van der Waals surface area (Å²) in [6, 6.07) is -0.715. The van der Waals surface area contributed by atoms with E-state index >= 15 is 0 Å². The Balaban J connectivity index is 4.24. The smallest absolute Gasteiger partial charge is 0.315 e. The van der Waals surface area contributed by atoms with Crippen LogP contribution in [0.4, 0.5) is 4.79 Å². The van der Waals surface area contributed by atoms with Crippen molar-refractivity contribution in [2.45, 2.75) is 33.2 Å². The molecule has 0 aromatic rings. The van der Waals surface area contributed by atoms with Gasteiger partial charge < -0.3 is 20.6 Å². The summed E-state index contributed by atoms with van der Waals surface area (Å²) in [6.45, 7) is 6.98. The number of nitrogens with one attached hydrogen (secondary N) is 2. The molecule has 0 bridgehead atoms. The summed E-state index contributed by atoms with van der Waals surface area (Å²) in [5, 5.41) is 14.2. The van der Waals surface area contributed by atoms with Gasteiger partial charge in [0.25, 0.3) is 0 Å². The molecule has 0 saturated carbocycles. The molecule has 2 amide bonds. The SMILES string of the molecule is CN(C)CCNC(=O)NC(CC(=O)O)C(C)(C)C. The van der Waals surface area contributed by atoms with Gasteiger partial charge in [0.05, 0.1) is 6.42 Å². The fraction of sp³-hybridized carbons (Fsp3) is 0.833. The van der Waals surface area contributed by atoms with Gasteiger partial charge in [0.1, 0.15) is 0 Å². The van der Waals surface area contributed by atoms with Crippen LogP contribution in [0.5, 0.6) is 0 Å². The Morgan fingerprint density at radius 3 is 2.22 bits per heavy atom. The first-order valence-corrected chi connectivity index (χ1v) is 6.04. The highest BCUT2D eigenvalue weighted by Crippen LogP contribution is 2.21. The molecule has 0 aliphatic carbocycles. The van der Waals surface area contributed by atoms with E-state index in [0.717, 1.165) is 6.54 Å². The first-order valence-electron chi connectivity index (χ1n) is 6.04. The topological polar surface area (TPSA) is 81.7 Å². The van der Waals surface area contributed by atoms with Crippen LogP contribution in [0.3, 0.4) is 0 Å². The molecule has 0 heterocycles. The minimum absolute atomic E-state index is 0.0788. The van der Waals surface area contributed by atoms with Crippen molar-refractivity contribution in [1.82, 2.24) is 15.5 Å². The highest BCUT2D eigenvalue weighted by molar-refractivity contribution is 5.75. The maximum absolute atomic E-state index is 11.6. The van der Waals surface area contributed by atoms with Gasteiger partial charge in [-0.2, -0.15) is 0 Å². The second kappa shape index (κ2) is 7.20. The zero-order valence-corrected chi connectivity index (χ0v) is 11.9. The van der Waals surface area contributed by atoms with Crippen LogP contribution in [0.15, 0.2) is 0 Å². The van der Waals surface area contributed by atoms with Crippen molar-refractivity contribution < 1.29 is 14.7 Å². The lowest BCUT2D eigenvalue weighted by atomic mass is 9.85.